The van der Waals surface area contributed by atoms with E-state index >= 15 is 0 Å². The highest BCUT2D eigenvalue weighted by molar-refractivity contribution is 7.51. The predicted molar refractivity (Wildman–Crippen MR) is 132 cm³/mol. The smallest absolute Gasteiger partial charge is 0.292 e. The van der Waals surface area contributed by atoms with Crippen molar-refractivity contribution >= 4 is 7.75 Å². The van der Waals surface area contributed by atoms with E-state index in [2.05, 4.69) is 0 Å². The third kappa shape index (κ3) is 6.98. The maximum Gasteiger partial charge on any atom is 0.409 e. The fourth-order valence-corrected chi connectivity index (χ4v) is 5.18. The number of hydrogen-bond donors (Lipinski definition) is 0. The van der Waals surface area contributed by atoms with Gasteiger partial charge in [0.1, 0.15) is 0 Å². The van der Waals surface area contributed by atoms with Crippen LogP contribution in [-0.2, 0) is 39.9 Å². The minimum atomic E-state index is -3.66. The molecule has 5 heteroatoms. The number of hydrogen-bond acceptors (Lipinski definition) is 3. The molecule has 0 spiro atoms. The Morgan fingerprint density at radius 2 is 0.788 bits per heavy atom. The second kappa shape index (κ2) is 11.7. The Bertz CT molecular complexity index is 1050. The lowest BCUT2D eigenvalue weighted by Crippen LogP contribution is -2.23. The van der Waals surface area contributed by atoms with Crippen molar-refractivity contribution in [2.75, 3.05) is 0 Å². The van der Waals surface area contributed by atoms with E-state index in [1.54, 1.807) is 0 Å². The van der Waals surface area contributed by atoms with Crippen LogP contribution in [0.3, 0.4) is 0 Å². The second-order valence-corrected chi connectivity index (χ2v) is 9.80. The molecule has 0 heterocycles. The summed E-state index contributed by atoms with van der Waals surface area (Å²) in [6.45, 7) is 1.28. The number of rotatable bonds is 11. The lowest BCUT2D eigenvalue weighted by atomic mass is 10.2. The van der Waals surface area contributed by atoms with Crippen molar-refractivity contribution in [2.24, 2.45) is 0 Å². The first kappa shape index (κ1) is 23.2. The Hall–Kier alpha value is -3.01. The summed E-state index contributed by atoms with van der Waals surface area (Å²) in [4.78, 5) is 0. The van der Waals surface area contributed by atoms with E-state index in [-0.39, 0.29) is 13.2 Å². The average Bonchev–Trinajstić information content (AvgIpc) is 2.88. The van der Waals surface area contributed by atoms with Crippen molar-refractivity contribution < 1.29 is 13.6 Å². The van der Waals surface area contributed by atoms with E-state index in [0.717, 1.165) is 22.3 Å². The van der Waals surface area contributed by atoms with Gasteiger partial charge in [0.05, 0.1) is 13.2 Å². The van der Waals surface area contributed by atoms with Crippen LogP contribution in [-0.4, -0.2) is 4.67 Å². The molecule has 0 aromatic heterocycles. The molecule has 0 aliphatic carbocycles. The largest absolute Gasteiger partial charge is 0.409 e. The Balaban J connectivity index is 1.62. The van der Waals surface area contributed by atoms with Crippen molar-refractivity contribution in [1.29, 1.82) is 0 Å². The fraction of sp³-hybridized carbons (Fsp3) is 0.143. The molecule has 33 heavy (non-hydrogen) atoms. The van der Waals surface area contributed by atoms with Gasteiger partial charge < -0.3 is 0 Å². The summed E-state index contributed by atoms with van der Waals surface area (Å²) in [7, 11) is -3.66. The summed E-state index contributed by atoms with van der Waals surface area (Å²) >= 11 is 0. The van der Waals surface area contributed by atoms with E-state index in [9.17, 15) is 4.57 Å². The maximum atomic E-state index is 14.4. The van der Waals surface area contributed by atoms with Crippen LogP contribution in [0.4, 0.5) is 0 Å². The minimum absolute atomic E-state index is 0.201. The molecule has 0 N–H and O–H groups in total. The summed E-state index contributed by atoms with van der Waals surface area (Å²) in [6.07, 6.45) is 0. The lowest BCUT2D eigenvalue weighted by molar-refractivity contribution is 0.139. The molecule has 0 bridgehead atoms. The van der Waals surface area contributed by atoms with Gasteiger partial charge in [0.2, 0.25) is 0 Å². The van der Waals surface area contributed by atoms with Crippen LogP contribution in [0.1, 0.15) is 22.3 Å². The van der Waals surface area contributed by atoms with E-state index in [4.69, 9.17) is 9.05 Å². The van der Waals surface area contributed by atoms with Crippen LogP contribution in [0.2, 0.25) is 0 Å². The van der Waals surface area contributed by atoms with Crippen LogP contribution in [0.15, 0.2) is 121 Å². The third-order valence-electron chi connectivity index (χ3n) is 5.24. The molecule has 0 radical (unpaired) electrons. The van der Waals surface area contributed by atoms with Crippen LogP contribution in [0, 0.1) is 0 Å². The highest BCUT2D eigenvalue weighted by atomic mass is 31.2. The molecule has 4 rings (SSSR count). The first-order valence-electron chi connectivity index (χ1n) is 11.0. The van der Waals surface area contributed by atoms with Crippen LogP contribution in [0.5, 0.6) is 0 Å². The molecule has 0 amide bonds. The zero-order chi connectivity index (χ0) is 22.8. The molecular formula is C28H28NO3P. The van der Waals surface area contributed by atoms with Gasteiger partial charge in [0, 0.05) is 13.1 Å². The van der Waals surface area contributed by atoms with Gasteiger partial charge in [-0.1, -0.05) is 121 Å². The van der Waals surface area contributed by atoms with Gasteiger partial charge in [-0.15, -0.1) is 0 Å². The summed E-state index contributed by atoms with van der Waals surface area (Å²) in [5.41, 5.74) is 3.97. The van der Waals surface area contributed by atoms with Crippen molar-refractivity contribution in [3.05, 3.63) is 144 Å². The zero-order valence-corrected chi connectivity index (χ0v) is 19.4. The van der Waals surface area contributed by atoms with Crippen molar-refractivity contribution in [3.63, 3.8) is 0 Å². The highest BCUT2D eigenvalue weighted by Gasteiger charge is 2.34. The first-order chi connectivity index (χ1) is 16.2. The van der Waals surface area contributed by atoms with Crippen molar-refractivity contribution in [2.45, 2.75) is 26.3 Å². The maximum absolute atomic E-state index is 14.4. The predicted octanol–water partition coefficient (Wildman–Crippen LogP) is 7.23. The van der Waals surface area contributed by atoms with Gasteiger partial charge in [-0.25, -0.2) is 4.57 Å². The van der Waals surface area contributed by atoms with E-state index in [0.29, 0.717) is 13.1 Å². The monoisotopic (exact) mass is 457 g/mol. The summed E-state index contributed by atoms with van der Waals surface area (Å²) in [5.74, 6) is 0. The van der Waals surface area contributed by atoms with Crippen molar-refractivity contribution in [1.82, 2.24) is 4.67 Å². The first-order valence-corrected chi connectivity index (χ1v) is 12.5. The van der Waals surface area contributed by atoms with Crippen LogP contribution >= 0.6 is 7.75 Å². The number of benzene rings is 4. The highest BCUT2D eigenvalue weighted by Crippen LogP contribution is 2.54. The molecule has 0 unspecified atom stereocenters. The summed E-state index contributed by atoms with van der Waals surface area (Å²) in [6, 6.07) is 39.5. The average molecular weight is 458 g/mol. The Morgan fingerprint density at radius 3 is 1.12 bits per heavy atom. The standard InChI is InChI=1S/C28H28NO3P/c30-33(31-23-27-17-9-3-10-18-27,32-24-28-19-11-4-12-20-28)29(21-25-13-5-1-6-14-25)22-26-15-7-2-8-16-26/h1-20H,21-24H2. The molecule has 0 aliphatic heterocycles. The Labute approximate surface area is 196 Å². The molecule has 0 saturated carbocycles. The molecule has 0 fully saturated rings. The lowest BCUT2D eigenvalue weighted by Gasteiger charge is -2.30. The molecule has 4 nitrogen and oxygen atoms in total. The molecule has 4 aromatic carbocycles. The zero-order valence-electron chi connectivity index (χ0n) is 18.5. The van der Waals surface area contributed by atoms with Gasteiger partial charge in [-0.2, -0.15) is 4.67 Å². The molecule has 0 aliphatic rings. The van der Waals surface area contributed by atoms with Crippen LogP contribution < -0.4 is 0 Å². The molecular weight excluding hydrogens is 429 g/mol. The molecule has 4 aromatic rings. The fourth-order valence-electron chi connectivity index (χ4n) is 3.48. The third-order valence-corrected chi connectivity index (χ3v) is 7.12. The summed E-state index contributed by atoms with van der Waals surface area (Å²) < 4.78 is 28.4. The molecule has 168 valence electrons. The quantitative estimate of drug-likeness (QED) is 0.223. The van der Waals surface area contributed by atoms with Gasteiger partial charge in [0.15, 0.2) is 0 Å². The minimum Gasteiger partial charge on any atom is -0.292 e. The summed E-state index contributed by atoms with van der Waals surface area (Å²) in [5, 5.41) is 0. The Kier molecular flexibility index (Phi) is 8.24. The van der Waals surface area contributed by atoms with E-state index in [1.165, 1.54) is 0 Å². The van der Waals surface area contributed by atoms with E-state index in [1.807, 2.05) is 126 Å². The van der Waals surface area contributed by atoms with Crippen LogP contribution in [0.25, 0.3) is 0 Å². The van der Waals surface area contributed by atoms with Gasteiger partial charge >= 0.3 is 7.75 Å². The SMILES string of the molecule is O=P(OCc1ccccc1)(OCc1ccccc1)N(Cc1ccccc1)Cc1ccccc1. The van der Waals surface area contributed by atoms with Crippen molar-refractivity contribution in [3.8, 4) is 0 Å². The van der Waals surface area contributed by atoms with Gasteiger partial charge in [0.25, 0.3) is 0 Å². The molecule has 0 saturated heterocycles. The van der Waals surface area contributed by atoms with E-state index < -0.39 is 7.75 Å². The molecule has 0 atom stereocenters. The van der Waals surface area contributed by atoms with Gasteiger partial charge in [-0.05, 0) is 22.3 Å². The normalized spacial score (nSPS) is 11.5. The topological polar surface area (TPSA) is 38.8 Å². The number of nitrogens with zero attached hydrogens (tertiary/aromatic N) is 1. The van der Waals surface area contributed by atoms with Gasteiger partial charge in [-0.3, -0.25) is 9.05 Å². The Morgan fingerprint density at radius 1 is 0.485 bits per heavy atom. The second-order valence-electron chi connectivity index (χ2n) is 7.78.